The van der Waals surface area contributed by atoms with E-state index in [1.165, 1.54) is 0 Å². The van der Waals surface area contributed by atoms with E-state index in [9.17, 15) is 4.79 Å². The van der Waals surface area contributed by atoms with E-state index in [4.69, 9.17) is 4.98 Å². The molecule has 1 unspecified atom stereocenters. The van der Waals surface area contributed by atoms with Gasteiger partial charge in [-0.05, 0) is 33.1 Å². The molecule has 2 aromatic rings. The van der Waals surface area contributed by atoms with Gasteiger partial charge in [0.25, 0.3) is 5.56 Å². The van der Waals surface area contributed by atoms with Gasteiger partial charge >= 0.3 is 0 Å². The summed E-state index contributed by atoms with van der Waals surface area (Å²) >= 11 is 0. The van der Waals surface area contributed by atoms with Gasteiger partial charge < -0.3 is 9.80 Å². The van der Waals surface area contributed by atoms with E-state index < -0.39 is 0 Å². The second-order valence-corrected chi connectivity index (χ2v) is 6.90. The van der Waals surface area contributed by atoms with Crippen LogP contribution in [0, 0.1) is 13.8 Å². The third-order valence-corrected chi connectivity index (χ3v) is 5.12. The van der Waals surface area contributed by atoms with Crippen LogP contribution in [0.5, 0.6) is 0 Å². The molecule has 2 aliphatic rings. The van der Waals surface area contributed by atoms with Gasteiger partial charge in [-0.2, -0.15) is 5.10 Å². The largest absolute Gasteiger partial charge is 0.342 e. The van der Waals surface area contributed by atoms with Gasteiger partial charge in [-0.15, -0.1) is 5.10 Å². The Kier molecular flexibility index (Phi) is 4.10. The summed E-state index contributed by atoms with van der Waals surface area (Å²) in [6.07, 6.45) is 3.25. The van der Waals surface area contributed by atoms with Crippen molar-refractivity contribution < 1.29 is 0 Å². The van der Waals surface area contributed by atoms with Crippen LogP contribution in [-0.2, 0) is 0 Å². The zero-order chi connectivity index (χ0) is 17.4. The van der Waals surface area contributed by atoms with Gasteiger partial charge in [0.05, 0.1) is 17.1 Å². The minimum Gasteiger partial charge on any atom is -0.342 e. The molecular formula is C17H23N7O. The van der Waals surface area contributed by atoms with Crippen molar-refractivity contribution in [2.24, 2.45) is 0 Å². The Morgan fingerprint density at radius 1 is 1.04 bits per heavy atom. The summed E-state index contributed by atoms with van der Waals surface area (Å²) in [6, 6.07) is 1.63. The van der Waals surface area contributed by atoms with Crippen LogP contribution in [-0.4, -0.2) is 51.3 Å². The highest BCUT2D eigenvalue weighted by atomic mass is 16.1. The Balaban J connectivity index is 1.55. The maximum absolute atomic E-state index is 12.1. The number of aromatic nitrogens is 5. The van der Waals surface area contributed by atoms with Crippen molar-refractivity contribution in [1.29, 1.82) is 0 Å². The van der Waals surface area contributed by atoms with Gasteiger partial charge in [-0.1, -0.05) is 0 Å². The molecule has 2 saturated heterocycles. The first-order valence-corrected chi connectivity index (χ1v) is 8.89. The lowest BCUT2D eigenvalue weighted by molar-refractivity contribution is 0.726. The molecule has 0 aromatic carbocycles. The zero-order valence-corrected chi connectivity index (χ0v) is 14.7. The summed E-state index contributed by atoms with van der Waals surface area (Å²) < 4.78 is 0. The Bertz CT molecular complexity index is 828. The Labute approximate surface area is 146 Å². The second-order valence-electron chi connectivity index (χ2n) is 6.90. The zero-order valence-electron chi connectivity index (χ0n) is 14.7. The predicted molar refractivity (Wildman–Crippen MR) is 95.2 cm³/mol. The molecule has 25 heavy (non-hydrogen) atoms. The molecule has 132 valence electrons. The van der Waals surface area contributed by atoms with Gasteiger partial charge in [0.1, 0.15) is 0 Å². The first kappa shape index (κ1) is 16.0. The van der Waals surface area contributed by atoms with Crippen molar-refractivity contribution >= 4 is 11.9 Å². The summed E-state index contributed by atoms with van der Waals surface area (Å²) in [5.41, 5.74) is 2.55. The first-order valence-electron chi connectivity index (χ1n) is 8.89. The van der Waals surface area contributed by atoms with Crippen LogP contribution in [0.1, 0.15) is 42.3 Å². The highest BCUT2D eigenvalue weighted by Gasteiger charge is 2.28. The number of hydrogen-bond acceptors (Lipinski definition) is 7. The molecule has 0 bridgehead atoms. The van der Waals surface area contributed by atoms with E-state index in [0.717, 1.165) is 62.5 Å². The molecule has 2 aliphatic heterocycles. The minimum absolute atomic E-state index is 0.0746. The molecule has 4 heterocycles. The molecular weight excluding hydrogens is 318 g/mol. The minimum atomic E-state index is -0.0746. The lowest BCUT2D eigenvalue weighted by atomic mass is 10.1. The summed E-state index contributed by atoms with van der Waals surface area (Å²) in [5.74, 6) is 1.59. The summed E-state index contributed by atoms with van der Waals surface area (Å²) in [6.45, 7) is 7.40. The fraction of sp³-hybridized carbons (Fsp3) is 0.588. The van der Waals surface area contributed by atoms with Gasteiger partial charge in [-0.3, -0.25) is 9.78 Å². The molecule has 8 heteroatoms. The fourth-order valence-electron chi connectivity index (χ4n) is 3.51. The number of aryl methyl sites for hydroxylation is 2. The molecule has 1 atom stereocenters. The van der Waals surface area contributed by atoms with Crippen molar-refractivity contribution in [1.82, 2.24) is 25.1 Å². The maximum Gasteiger partial charge on any atom is 0.252 e. The second kappa shape index (κ2) is 6.42. The molecule has 0 spiro atoms. The third-order valence-electron chi connectivity index (χ3n) is 5.12. The highest BCUT2D eigenvalue weighted by molar-refractivity contribution is 5.36. The van der Waals surface area contributed by atoms with Gasteiger partial charge in [0.15, 0.2) is 0 Å². The molecule has 0 saturated carbocycles. The number of anilines is 2. The number of nitrogens with one attached hydrogen (secondary N) is 1. The monoisotopic (exact) mass is 341 g/mol. The van der Waals surface area contributed by atoms with Crippen LogP contribution < -0.4 is 15.4 Å². The molecule has 8 nitrogen and oxygen atoms in total. The quantitative estimate of drug-likeness (QED) is 0.896. The lowest BCUT2D eigenvalue weighted by Gasteiger charge is -2.18. The fourth-order valence-corrected chi connectivity index (χ4v) is 3.51. The topological polar surface area (TPSA) is 90.9 Å². The lowest BCUT2D eigenvalue weighted by Crippen LogP contribution is -2.26. The maximum atomic E-state index is 12.1. The Morgan fingerprint density at radius 3 is 2.60 bits per heavy atom. The Hall–Kier alpha value is -2.51. The molecule has 4 rings (SSSR count). The smallest absolute Gasteiger partial charge is 0.252 e. The molecule has 0 aliphatic carbocycles. The number of nitrogens with zero attached hydrogens (tertiary/aromatic N) is 6. The van der Waals surface area contributed by atoms with Crippen molar-refractivity contribution in [2.45, 2.75) is 39.0 Å². The number of rotatable bonds is 3. The van der Waals surface area contributed by atoms with E-state index in [0.29, 0.717) is 11.9 Å². The van der Waals surface area contributed by atoms with E-state index in [-0.39, 0.29) is 11.5 Å². The van der Waals surface area contributed by atoms with Crippen LogP contribution in [0.15, 0.2) is 10.9 Å². The molecule has 2 fully saturated rings. The summed E-state index contributed by atoms with van der Waals surface area (Å²) in [5, 5.41) is 8.39. The van der Waals surface area contributed by atoms with Crippen LogP contribution in [0.25, 0.3) is 0 Å². The van der Waals surface area contributed by atoms with E-state index in [1.54, 1.807) is 6.07 Å². The van der Waals surface area contributed by atoms with Crippen molar-refractivity contribution in [3.8, 4) is 0 Å². The standard InChI is InChI=1S/C17H23N7O/c1-11-12(2)21-22-17(18-11)24-8-5-13(10-24)14-9-15(25)20-16(19-14)23-6-3-4-7-23/h9,13H,3-8,10H2,1-2H3,(H,19,20,25). The van der Waals surface area contributed by atoms with Crippen molar-refractivity contribution in [3.05, 3.63) is 33.5 Å². The average Bonchev–Trinajstić information content (AvgIpc) is 3.28. The predicted octanol–water partition coefficient (Wildman–Crippen LogP) is 1.17. The number of H-pyrrole nitrogens is 1. The van der Waals surface area contributed by atoms with Crippen LogP contribution in [0.4, 0.5) is 11.9 Å². The van der Waals surface area contributed by atoms with Crippen molar-refractivity contribution in [2.75, 3.05) is 36.0 Å². The van der Waals surface area contributed by atoms with Gasteiger partial charge in [0.2, 0.25) is 11.9 Å². The molecule has 2 aromatic heterocycles. The van der Waals surface area contributed by atoms with Crippen LogP contribution >= 0.6 is 0 Å². The average molecular weight is 341 g/mol. The number of aromatic amines is 1. The molecule has 0 radical (unpaired) electrons. The van der Waals surface area contributed by atoms with E-state index in [1.807, 2.05) is 13.8 Å². The third kappa shape index (κ3) is 3.20. The van der Waals surface area contributed by atoms with Gasteiger partial charge in [0, 0.05) is 38.2 Å². The highest BCUT2D eigenvalue weighted by Crippen LogP contribution is 2.28. The normalized spacial score (nSPS) is 20.5. The summed E-state index contributed by atoms with van der Waals surface area (Å²) in [4.78, 5) is 28.5. The van der Waals surface area contributed by atoms with E-state index >= 15 is 0 Å². The SMILES string of the molecule is Cc1nnc(N2CCC(c3cc(=O)[nH]c(N4CCCC4)n3)C2)nc1C. The molecule has 1 N–H and O–H groups in total. The summed E-state index contributed by atoms with van der Waals surface area (Å²) in [7, 11) is 0. The van der Waals surface area contributed by atoms with Gasteiger partial charge in [-0.25, -0.2) is 9.97 Å². The van der Waals surface area contributed by atoms with Crippen molar-refractivity contribution in [3.63, 3.8) is 0 Å². The van der Waals surface area contributed by atoms with Crippen LogP contribution in [0.3, 0.4) is 0 Å². The first-order chi connectivity index (χ1) is 12.1. The van der Waals surface area contributed by atoms with E-state index in [2.05, 4.69) is 30.0 Å². The van der Waals surface area contributed by atoms with Crippen LogP contribution in [0.2, 0.25) is 0 Å². The Morgan fingerprint density at radius 2 is 1.84 bits per heavy atom. The molecule has 0 amide bonds. The number of hydrogen-bond donors (Lipinski definition) is 1.